The number of nitrogens with one attached hydrogen (secondary N) is 2. The fourth-order valence-corrected chi connectivity index (χ4v) is 6.04. The van der Waals surface area contributed by atoms with Gasteiger partial charge in [0, 0.05) is 62.1 Å². The molecule has 1 amide bonds. The van der Waals surface area contributed by atoms with Gasteiger partial charge in [0.25, 0.3) is 5.91 Å². The summed E-state index contributed by atoms with van der Waals surface area (Å²) >= 11 is 0. The normalized spacial score (nSPS) is 21.3. The maximum absolute atomic E-state index is 13.4. The number of piperazine rings is 1. The van der Waals surface area contributed by atoms with Crippen LogP contribution in [0.25, 0.3) is 22.3 Å². The van der Waals surface area contributed by atoms with E-state index in [1.807, 2.05) is 23.1 Å². The first-order valence-electron chi connectivity index (χ1n) is 13.7. The van der Waals surface area contributed by atoms with Gasteiger partial charge in [-0.15, -0.1) is 0 Å². The summed E-state index contributed by atoms with van der Waals surface area (Å²) in [5, 5.41) is 18.0. The highest BCUT2D eigenvalue weighted by molar-refractivity contribution is 5.92. The number of hydrogen-bond acceptors (Lipinski definition) is 8. The number of carbonyl (C=O) groups excluding carboxylic acids is 1. The highest BCUT2D eigenvalue weighted by Crippen LogP contribution is 2.45. The second-order valence-electron chi connectivity index (χ2n) is 10.9. The number of aromatic nitrogens is 6. The molecule has 2 N–H and O–H groups in total. The molecule has 2 fully saturated rings. The minimum Gasteiger partial charge on any atom is -0.346 e. The molecule has 218 valence electrons. The van der Waals surface area contributed by atoms with Gasteiger partial charge in [0.15, 0.2) is 0 Å². The van der Waals surface area contributed by atoms with Crippen molar-refractivity contribution in [2.24, 2.45) is 0 Å². The molecule has 0 radical (unpaired) electrons. The predicted octanol–water partition coefficient (Wildman–Crippen LogP) is 3.18. The molecule has 1 saturated heterocycles. The Hall–Kier alpha value is -4.35. The smallest absolute Gasteiger partial charge is 0.346 e. The highest BCUT2D eigenvalue weighted by atomic mass is 19.4. The Kier molecular flexibility index (Phi) is 7.15. The van der Waals surface area contributed by atoms with Crippen LogP contribution in [0.15, 0.2) is 43.1 Å². The van der Waals surface area contributed by atoms with Gasteiger partial charge in [0.2, 0.25) is 0 Å². The van der Waals surface area contributed by atoms with E-state index in [0.29, 0.717) is 38.2 Å². The maximum Gasteiger partial charge on any atom is 0.433 e. The molecule has 4 aromatic heterocycles. The van der Waals surface area contributed by atoms with Crippen LogP contribution in [-0.2, 0) is 18.3 Å². The van der Waals surface area contributed by atoms with E-state index in [1.165, 1.54) is 12.4 Å². The van der Waals surface area contributed by atoms with Crippen molar-refractivity contribution in [1.82, 2.24) is 44.8 Å². The lowest BCUT2D eigenvalue weighted by atomic mass is 9.70. The van der Waals surface area contributed by atoms with E-state index in [4.69, 9.17) is 0 Å². The molecule has 1 aliphatic carbocycles. The maximum atomic E-state index is 13.4. The van der Waals surface area contributed by atoms with E-state index in [-0.39, 0.29) is 18.3 Å². The van der Waals surface area contributed by atoms with Gasteiger partial charge in [0.1, 0.15) is 23.4 Å². The third-order valence-corrected chi connectivity index (χ3v) is 8.23. The lowest BCUT2D eigenvalue weighted by Crippen LogP contribution is -2.60. The van der Waals surface area contributed by atoms with Gasteiger partial charge in [-0.1, -0.05) is 0 Å². The average molecular weight is 579 g/mol. The highest BCUT2D eigenvalue weighted by Gasteiger charge is 2.49. The second-order valence-corrected chi connectivity index (χ2v) is 10.9. The van der Waals surface area contributed by atoms with Crippen molar-refractivity contribution in [1.29, 1.82) is 5.26 Å². The minimum atomic E-state index is -4.64. The Labute approximate surface area is 239 Å². The monoisotopic (exact) mass is 578 g/mol. The fourth-order valence-electron chi connectivity index (χ4n) is 6.04. The van der Waals surface area contributed by atoms with Crippen LogP contribution in [0.2, 0.25) is 0 Å². The fraction of sp³-hybridized carbons (Fsp3) is 0.429. The largest absolute Gasteiger partial charge is 0.433 e. The number of fused-ring (bicyclic) bond motifs is 1. The molecular formula is C28H29F3N10O. The van der Waals surface area contributed by atoms with Crippen molar-refractivity contribution < 1.29 is 18.0 Å². The summed E-state index contributed by atoms with van der Waals surface area (Å²) in [6.07, 6.45) is 4.12. The molecule has 5 heterocycles. The van der Waals surface area contributed by atoms with Crippen LogP contribution in [0.1, 0.15) is 41.0 Å². The zero-order valence-corrected chi connectivity index (χ0v) is 22.9. The third-order valence-electron chi connectivity index (χ3n) is 8.23. The van der Waals surface area contributed by atoms with E-state index in [2.05, 4.69) is 41.3 Å². The van der Waals surface area contributed by atoms with Crippen LogP contribution >= 0.6 is 0 Å². The summed E-state index contributed by atoms with van der Waals surface area (Å²) < 4.78 is 42.1. The van der Waals surface area contributed by atoms with E-state index in [1.54, 1.807) is 18.1 Å². The third kappa shape index (κ3) is 5.10. The Bertz CT molecular complexity index is 1640. The average Bonchev–Trinajstić information content (AvgIpc) is 3.64. The molecule has 0 unspecified atom stereocenters. The first-order chi connectivity index (χ1) is 20.2. The lowest BCUT2D eigenvalue weighted by molar-refractivity contribution is -0.141. The standard InChI is InChI=1S/C28H29F3N10O/c1-33-14-18-10-22(38-23(11-18)28(29,30)31)26(42)40-8-6-39(7-9-40)20-12-27(13-20,3-4-32)41-16-19(15-37-41)24-21-2-5-34-25(21)36-17-35-24/h2,5,10-11,15-17,20,33H,3,6-9,12-14H2,1H3,(H,34,35,36)/t20-,27-. The number of nitriles is 1. The molecule has 0 bridgehead atoms. The number of carbonyl (C=O) groups is 1. The first kappa shape index (κ1) is 27.8. The molecule has 2 aliphatic rings. The summed E-state index contributed by atoms with van der Waals surface area (Å²) in [4.78, 5) is 32.4. The zero-order valence-electron chi connectivity index (χ0n) is 22.9. The molecule has 1 aliphatic heterocycles. The van der Waals surface area contributed by atoms with Crippen LogP contribution in [0.5, 0.6) is 0 Å². The van der Waals surface area contributed by atoms with Gasteiger partial charge in [-0.05, 0) is 43.7 Å². The zero-order chi connectivity index (χ0) is 29.5. The van der Waals surface area contributed by atoms with E-state index in [0.717, 1.165) is 41.2 Å². The van der Waals surface area contributed by atoms with Crippen LogP contribution < -0.4 is 5.32 Å². The van der Waals surface area contributed by atoms with E-state index >= 15 is 0 Å². The number of alkyl halides is 3. The molecule has 42 heavy (non-hydrogen) atoms. The topological polar surface area (TPSA) is 132 Å². The predicted molar refractivity (Wildman–Crippen MR) is 146 cm³/mol. The number of aromatic amines is 1. The van der Waals surface area contributed by atoms with Gasteiger partial charge in [0.05, 0.1) is 29.9 Å². The number of halogens is 3. The molecule has 11 nitrogen and oxygen atoms in total. The van der Waals surface area contributed by atoms with Crippen LogP contribution in [0.3, 0.4) is 0 Å². The number of rotatable bonds is 7. The Morgan fingerprint density at radius 1 is 1.21 bits per heavy atom. The molecule has 4 aromatic rings. The van der Waals surface area contributed by atoms with E-state index in [9.17, 15) is 23.2 Å². The van der Waals surface area contributed by atoms with Gasteiger partial charge >= 0.3 is 6.18 Å². The second kappa shape index (κ2) is 10.8. The Balaban J connectivity index is 1.11. The van der Waals surface area contributed by atoms with Crippen molar-refractivity contribution in [2.45, 2.75) is 43.6 Å². The Morgan fingerprint density at radius 3 is 2.71 bits per heavy atom. The number of hydrogen-bond donors (Lipinski definition) is 2. The quantitative estimate of drug-likeness (QED) is 0.342. The summed E-state index contributed by atoms with van der Waals surface area (Å²) in [6, 6.07) is 6.83. The summed E-state index contributed by atoms with van der Waals surface area (Å²) in [7, 11) is 1.63. The number of pyridine rings is 1. The minimum absolute atomic E-state index is 0.194. The summed E-state index contributed by atoms with van der Waals surface area (Å²) in [5.74, 6) is -0.504. The molecule has 14 heteroatoms. The number of amides is 1. The summed E-state index contributed by atoms with van der Waals surface area (Å²) in [6.45, 7) is 2.12. The van der Waals surface area contributed by atoms with Crippen molar-refractivity contribution in [3.63, 3.8) is 0 Å². The van der Waals surface area contributed by atoms with Crippen molar-refractivity contribution in [3.8, 4) is 17.3 Å². The SMILES string of the molecule is CNCc1cc(C(=O)N2CCN([C@H]3C[C@](CC#N)(n4cc(-c5ncnc6[nH]ccc56)cn4)C3)CC2)nc(C(F)(F)F)c1. The summed E-state index contributed by atoms with van der Waals surface area (Å²) in [5.41, 5.74) is 0.989. The van der Waals surface area contributed by atoms with Crippen LogP contribution in [0, 0.1) is 11.3 Å². The molecule has 1 saturated carbocycles. The molecule has 0 spiro atoms. The van der Waals surface area contributed by atoms with Crippen molar-refractivity contribution in [3.05, 3.63) is 60.1 Å². The van der Waals surface area contributed by atoms with Gasteiger partial charge in [-0.2, -0.15) is 23.5 Å². The Morgan fingerprint density at radius 2 is 2.00 bits per heavy atom. The molecule has 0 atom stereocenters. The van der Waals surface area contributed by atoms with Crippen molar-refractivity contribution in [2.75, 3.05) is 33.2 Å². The lowest BCUT2D eigenvalue weighted by Gasteiger charge is -2.52. The van der Waals surface area contributed by atoms with Crippen molar-refractivity contribution >= 4 is 16.9 Å². The van der Waals surface area contributed by atoms with Gasteiger partial charge < -0.3 is 15.2 Å². The number of H-pyrrole nitrogens is 1. The molecular weight excluding hydrogens is 549 g/mol. The van der Waals surface area contributed by atoms with Crippen LogP contribution in [0.4, 0.5) is 13.2 Å². The van der Waals surface area contributed by atoms with E-state index < -0.39 is 23.3 Å². The van der Waals surface area contributed by atoms with Gasteiger partial charge in [-0.25, -0.2) is 15.0 Å². The van der Waals surface area contributed by atoms with Gasteiger partial charge in [-0.3, -0.25) is 14.4 Å². The first-order valence-corrected chi connectivity index (χ1v) is 13.7. The molecule has 6 rings (SSSR count). The van der Waals surface area contributed by atoms with Crippen LogP contribution in [-0.4, -0.2) is 84.7 Å². The number of nitrogens with zero attached hydrogens (tertiary/aromatic N) is 8. The molecule has 0 aromatic carbocycles.